The standard InChI is InChI=1S/C31H35BrO2/c32-24-8-3-1-2-4-9-25-34-30-21-16-28(17-22-30)18-23-31(33)29-19-14-27(15-20-29)13-12-26-10-6-5-7-11-26/h5-7,10-11,14-23H,1-4,8-9,12-13,24-25H2. The maximum Gasteiger partial charge on any atom is 0.185 e. The molecule has 0 unspecified atom stereocenters. The Hall–Kier alpha value is -2.65. The number of alkyl halides is 1. The van der Waals surface area contributed by atoms with Gasteiger partial charge in [-0.15, -0.1) is 0 Å². The van der Waals surface area contributed by atoms with Crippen molar-refractivity contribution >= 4 is 27.8 Å². The smallest absolute Gasteiger partial charge is 0.185 e. The van der Waals surface area contributed by atoms with Crippen LogP contribution in [0.5, 0.6) is 5.75 Å². The summed E-state index contributed by atoms with van der Waals surface area (Å²) in [6, 6.07) is 26.4. The van der Waals surface area contributed by atoms with Crippen LogP contribution in [0.2, 0.25) is 0 Å². The van der Waals surface area contributed by atoms with Crippen molar-refractivity contribution in [3.8, 4) is 5.75 Å². The minimum absolute atomic E-state index is 0.0195. The summed E-state index contributed by atoms with van der Waals surface area (Å²) in [6.45, 7) is 0.757. The molecule has 0 amide bonds. The molecule has 34 heavy (non-hydrogen) atoms. The Labute approximate surface area is 213 Å². The lowest BCUT2D eigenvalue weighted by atomic mass is 10.0. The van der Waals surface area contributed by atoms with Gasteiger partial charge in [0.1, 0.15) is 5.75 Å². The molecule has 178 valence electrons. The molecule has 3 rings (SSSR count). The Morgan fingerprint density at radius 1 is 0.706 bits per heavy atom. The van der Waals surface area contributed by atoms with E-state index in [0.717, 1.165) is 42.5 Å². The van der Waals surface area contributed by atoms with Crippen LogP contribution >= 0.6 is 15.9 Å². The number of hydrogen-bond donors (Lipinski definition) is 0. The quantitative estimate of drug-likeness (QED) is 0.0871. The van der Waals surface area contributed by atoms with E-state index in [2.05, 4.69) is 52.3 Å². The molecular weight excluding hydrogens is 484 g/mol. The van der Waals surface area contributed by atoms with Crippen LogP contribution in [0.4, 0.5) is 0 Å². The molecule has 0 saturated heterocycles. The van der Waals surface area contributed by atoms with Crippen molar-refractivity contribution in [2.24, 2.45) is 0 Å². The molecule has 0 N–H and O–H groups in total. The van der Waals surface area contributed by atoms with E-state index in [0.29, 0.717) is 5.56 Å². The third-order valence-corrected chi connectivity index (χ3v) is 6.45. The SMILES string of the molecule is O=C(C=Cc1ccc(OCCCCCCCCBr)cc1)c1ccc(CCc2ccccc2)cc1. The number of rotatable bonds is 15. The van der Waals surface area contributed by atoms with E-state index >= 15 is 0 Å². The highest BCUT2D eigenvalue weighted by molar-refractivity contribution is 9.09. The van der Waals surface area contributed by atoms with Gasteiger partial charge in [0.2, 0.25) is 0 Å². The highest BCUT2D eigenvalue weighted by Gasteiger charge is 2.03. The van der Waals surface area contributed by atoms with Crippen LogP contribution in [0, 0.1) is 0 Å². The van der Waals surface area contributed by atoms with Gasteiger partial charge in [0.05, 0.1) is 6.61 Å². The molecule has 0 aliphatic carbocycles. The van der Waals surface area contributed by atoms with Gasteiger partial charge in [-0.1, -0.05) is 114 Å². The summed E-state index contributed by atoms with van der Waals surface area (Å²) in [6.07, 6.45) is 13.0. The summed E-state index contributed by atoms with van der Waals surface area (Å²) in [4.78, 5) is 12.5. The van der Waals surface area contributed by atoms with Crippen LogP contribution in [0.3, 0.4) is 0 Å². The Bertz CT molecular complexity index is 992. The molecule has 0 aliphatic rings. The molecular formula is C31H35BrO2. The van der Waals surface area contributed by atoms with Crippen LogP contribution < -0.4 is 4.74 Å². The zero-order valence-electron chi connectivity index (χ0n) is 19.9. The number of benzene rings is 3. The molecule has 0 fully saturated rings. The fourth-order valence-electron chi connectivity index (χ4n) is 3.81. The molecule has 0 aromatic heterocycles. The number of hydrogen-bond acceptors (Lipinski definition) is 2. The first-order valence-corrected chi connectivity index (χ1v) is 13.5. The van der Waals surface area contributed by atoms with Crippen LogP contribution in [-0.4, -0.2) is 17.7 Å². The molecule has 0 heterocycles. The van der Waals surface area contributed by atoms with Crippen LogP contribution in [0.1, 0.15) is 65.6 Å². The maximum absolute atomic E-state index is 12.5. The fraction of sp³-hybridized carbons (Fsp3) is 0.323. The molecule has 0 spiro atoms. The summed E-state index contributed by atoms with van der Waals surface area (Å²) < 4.78 is 5.84. The lowest BCUT2D eigenvalue weighted by molar-refractivity contribution is 0.104. The number of unbranched alkanes of at least 4 members (excludes halogenated alkanes) is 5. The topological polar surface area (TPSA) is 26.3 Å². The lowest BCUT2D eigenvalue weighted by Crippen LogP contribution is -1.97. The second-order valence-electron chi connectivity index (χ2n) is 8.61. The molecule has 2 nitrogen and oxygen atoms in total. The normalized spacial score (nSPS) is 11.1. The van der Waals surface area contributed by atoms with Crippen molar-refractivity contribution < 1.29 is 9.53 Å². The van der Waals surface area contributed by atoms with Crippen molar-refractivity contribution in [3.05, 3.63) is 107 Å². The number of aryl methyl sites for hydroxylation is 2. The number of carbonyl (C=O) groups is 1. The Morgan fingerprint density at radius 3 is 2.00 bits per heavy atom. The Kier molecular flexibility index (Phi) is 11.7. The highest BCUT2D eigenvalue weighted by atomic mass is 79.9. The molecule has 3 heteroatoms. The van der Waals surface area contributed by atoms with Crippen molar-refractivity contribution in [1.82, 2.24) is 0 Å². The Morgan fingerprint density at radius 2 is 1.32 bits per heavy atom. The summed E-state index contributed by atoms with van der Waals surface area (Å²) >= 11 is 3.47. The second-order valence-corrected chi connectivity index (χ2v) is 9.40. The molecule has 0 radical (unpaired) electrons. The average Bonchev–Trinajstić information content (AvgIpc) is 2.89. The fourth-order valence-corrected chi connectivity index (χ4v) is 4.20. The van der Waals surface area contributed by atoms with Crippen molar-refractivity contribution in [1.29, 1.82) is 0 Å². The third-order valence-electron chi connectivity index (χ3n) is 5.89. The number of ether oxygens (including phenoxy) is 1. The average molecular weight is 520 g/mol. The number of halogens is 1. The van der Waals surface area contributed by atoms with Gasteiger partial charge in [-0.3, -0.25) is 4.79 Å². The van der Waals surface area contributed by atoms with Gasteiger partial charge in [-0.05, 0) is 60.6 Å². The summed E-state index contributed by atoms with van der Waals surface area (Å²) in [5.41, 5.74) is 4.28. The van der Waals surface area contributed by atoms with Gasteiger partial charge in [0.25, 0.3) is 0 Å². The first-order valence-electron chi connectivity index (χ1n) is 12.4. The molecule has 0 bridgehead atoms. The number of carbonyl (C=O) groups excluding carboxylic acids is 1. The Balaban J connectivity index is 1.38. The summed E-state index contributed by atoms with van der Waals surface area (Å²) in [5.74, 6) is 0.903. The van der Waals surface area contributed by atoms with Gasteiger partial charge in [-0.25, -0.2) is 0 Å². The number of ketones is 1. The monoisotopic (exact) mass is 518 g/mol. The van der Waals surface area contributed by atoms with Gasteiger partial charge < -0.3 is 4.74 Å². The first-order chi connectivity index (χ1) is 16.7. The maximum atomic E-state index is 12.5. The van der Waals surface area contributed by atoms with E-state index in [1.807, 2.05) is 48.5 Å². The lowest BCUT2D eigenvalue weighted by Gasteiger charge is -2.06. The predicted molar refractivity (Wildman–Crippen MR) is 147 cm³/mol. The molecule has 3 aromatic carbocycles. The molecule has 0 atom stereocenters. The van der Waals surface area contributed by atoms with Crippen LogP contribution in [0.15, 0.2) is 84.9 Å². The van der Waals surface area contributed by atoms with Crippen LogP contribution in [-0.2, 0) is 12.8 Å². The van der Waals surface area contributed by atoms with E-state index in [4.69, 9.17) is 4.74 Å². The van der Waals surface area contributed by atoms with Crippen molar-refractivity contribution in [2.45, 2.75) is 51.4 Å². The van der Waals surface area contributed by atoms with Gasteiger partial charge in [0.15, 0.2) is 5.78 Å². The van der Waals surface area contributed by atoms with E-state index in [1.54, 1.807) is 6.08 Å². The molecule has 0 saturated carbocycles. The largest absolute Gasteiger partial charge is 0.494 e. The van der Waals surface area contributed by atoms with E-state index < -0.39 is 0 Å². The molecule has 0 aliphatic heterocycles. The second kappa shape index (κ2) is 15.3. The van der Waals surface area contributed by atoms with E-state index in [9.17, 15) is 4.79 Å². The van der Waals surface area contributed by atoms with Crippen molar-refractivity contribution in [3.63, 3.8) is 0 Å². The third kappa shape index (κ3) is 9.69. The van der Waals surface area contributed by atoms with Gasteiger partial charge in [-0.2, -0.15) is 0 Å². The van der Waals surface area contributed by atoms with E-state index in [-0.39, 0.29) is 5.78 Å². The predicted octanol–water partition coefficient (Wildman–Crippen LogP) is 8.48. The van der Waals surface area contributed by atoms with Gasteiger partial charge in [0, 0.05) is 10.9 Å². The number of allylic oxidation sites excluding steroid dienone is 1. The minimum atomic E-state index is 0.0195. The highest BCUT2D eigenvalue weighted by Crippen LogP contribution is 2.15. The van der Waals surface area contributed by atoms with Crippen molar-refractivity contribution in [2.75, 3.05) is 11.9 Å². The molecule has 3 aromatic rings. The summed E-state index contributed by atoms with van der Waals surface area (Å²) in [5, 5.41) is 1.11. The summed E-state index contributed by atoms with van der Waals surface area (Å²) in [7, 11) is 0. The minimum Gasteiger partial charge on any atom is -0.494 e. The van der Waals surface area contributed by atoms with Crippen LogP contribution in [0.25, 0.3) is 6.08 Å². The zero-order valence-corrected chi connectivity index (χ0v) is 21.5. The zero-order chi connectivity index (χ0) is 23.8. The first kappa shape index (κ1) is 26.0. The van der Waals surface area contributed by atoms with Gasteiger partial charge >= 0.3 is 0 Å². The van der Waals surface area contributed by atoms with E-state index in [1.165, 1.54) is 43.2 Å².